The Balaban J connectivity index is 2.96. The molecule has 0 fully saturated rings. The molecule has 0 unspecified atom stereocenters. The van der Waals surface area contributed by atoms with Gasteiger partial charge in [0.2, 0.25) is 10.0 Å². The molecule has 88 valence electrons. The summed E-state index contributed by atoms with van der Waals surface area (Å²) in [5.74, 6) is -0.353. The highest BCUT2D eigenvalue weighted by molar-refractivity contribution is 9.10. The minimum atomic E-state index is -3.51. The topological polar surface area (TPSA) is 72.2 Å². The van der Waals surface area contributed by atoms with E-state index in [1.54, 1.807) is 6.07 Å². The smallest absolute Gasteiger partial charge is 0.239 e. The molecule has 4 nitrogen and oxygen atoms in total. The number of hydrogen-bond acceptors (Lipinski definition) is 3. The van der Waals surface area contributed by atoms with Crippen molar-refractivity contribution in [2.24, 2.45) is 5.73 Å². The Hall–Kier alpha value is -0.660. The third-order valence-corrected chi connectivity index (χ3v) is 3.84. The molecule has 0 spiro atoms. The van der Waals surface area contributed by atoms with E-state index in [0.717, 1.165) is 10.0 Å². The Morgan fingerprint density at radius 1 is 1.56 bits per heavy atom. The number of halogens is 1. The Morgan fingerprint density at radius 2 is 2.19 bits per heavy atom. The molecule has 1 aromatic rings. The number of rotatable bonds is 4. The average Bonchev–Trinajstić information content (AvgIpc) is 2.08. The van der Waals surface area contributed by atoms with Gasteiger partial charge >= 0.3 is 0 Å². The van der Waals surface area contributed by atoms with Gasteiger partial charge in [-0.15, -0.1) is 0 Å². The first kappa shape index (κ1) is 13.4. The van der Waals surface area contributed by atoms with Gasteiger partial charge in [-0.25, -0.2) is 8.42 Å². The van der Waals surface area contributed by atoms with Crippen LogP contribution in [0, 0.1) is 6.92 Å². The number of anilines is 1. The third kappa shape index (κ3) is 4.07. The molecule has 1 aromatic carbocycles. The summed E-state index contributed by atoms with van der Waals surface area (Å²) in [5, 5.41) is 0. The van der Waals surface area contributed by atoms with Crippen LogP contribution in [0.1, 0.15) is 5.56 Å². The Morgan fingerprint density at radius 3 is 2.75 bits per heavy atom. The van der Waals surface area contributed by atoms with E-state index in [2.05, 4.69) is 32.9 Å². The van der Waals surface area contributed by atoms with Gasteiger partial charge in [0.05, 0.1) is 10.7 Å². The van der Waals surface area contributed by atoms with E-state index < -0.39 is 10.0 Å². The molecule has 0 aromatic heterocycles. The minimum absolute atomic E-state index is 0.0554. The largest absolute Gasteiger partial charge is 0.392 e. The van der Waals surface area contributed by atoms with Crippen molar-refractivity contribution >= 4 is 48.8 Å². The van der Waals surface area contributed by atoms with Crippen LogP contribution in [0.15, 0.2) is 22.7 Å². The quantitative estimate of drug-likeness (QED) is 0.829. The Kier molecular flexibility index (Phi) is 4.28. The number of thiocarbonyl (C=S) groups is 1. The standard InChI is InChI=1S/C9H11BrN2O2S2/c1-6-2-3-7(10)4-8(6)12-16(13,14)5-9(11)15/h2-4,12H,5H2,1H3,(H2,11,15). The summed E-state index contributed by atoms with van der Waals surface area (Å²) in [5.41, 5.74) is 6.55. The Bertz CT molecular complexity index is 514. The van der Waals surface area contributed by atoms with E-state index in [1.807, 2.05) is 19.1 Å². The van der Waals surface area contributed by atoms with Crippen LogP contribution in [0.3, 0.4) is 0 Å². The highest BCUT2D eigenvalue weighted by Crippen LogP contribution is 2.21. The number of hydrogen-bond donors (Lipinski definition) is 2. The number of benzene rings is 1. The zero-order valence-electron chi connectivity index (χ0n) is 8.53. The lowest BCUT2D eigenvalue weighted by Crippen LogP contribution is -2.26. The fourth-order valence-corrected chi connectivity index (χ4v) is 2.92. The molecule has 1 rings (SSSR count). The maximum absolute atomic E-state index is 11.6. The lowest BCUT2D eigenvalue weighted by atomic mass is 10.2. The minimum Gasteiger partial charge on any atom is -0.392 e. The van der Waals surface area contributed by atoms with Gasteiger partial charge in [0.25, 0.3) is 0 Å². The van der Waals surface area contributed by atoms with Crippen molar-refractivity contribution in [3.05, 3.63) is 28.2 Å². The molecule has 0 saturated carbocycles. The van der Waals surface area contributed by atoms with Gasteiger partial charge in [-0.05, 0) is 24.6 Å². The summed E-state index contributed by atoms with van der Waals surface area (Å²) in [6, 6.07) is 5.33. The highest BCUT2D eigenvalue weighted by atomic mass is 79.9. The summed E-state index contributed by atoms with van der Waals surface area (Å²) in [4.78, 5) is -0.0554. The Labute approximate surface area is 108 Å². The maximum Gasteiger partial charge on any atom is 0.239 e. The summed E-state index contributed by atoms with van der Waals surface area (Å²) in [6.07, 6.45) is 0. The van der Waals surface area contributed by atoms with Crippen molar-refractivity contribution < 1.29 is 8.42 Å². The van der Waals surface area contributed by atoms with Gasteiger partial charge in [0.1, 0.15) is 5.75 Å². The molecular weight excluding hydrogens is 312 g/mol. The van der Waals surface area contributed by atoms with Gasteiger partial charge in [0.15, 0.2) is 0 Å². The van der Waals surface area contributed by atoms with Crippen molar-refractivity contribution in [2.75, 3.05) is 10.5 Å². The lowest BCUT2D eigenvalue weighted by molar-refractivity contribution is 0.605. The summed E-state index contributed by atoms with van der Waals surface area (Å²) in [6.45, 7) is 1.81. The molecule has 0 aliphatic carbocycles. The van der Waals surface area contributed by atoms with E-state index in [-0.39, 0.29) is 10.7 Å². The molecule has 0 atom stereocenters. The van der Waals surface area contributed by atoms with Crippen LogP contribution >= 0.6 is 28.1 Å². The van der Waals surface area contributed by atoms with Crippen LogP contribution in [0.5, 0.6) is 0 Å². The average molecular weight is 323 g/mol. The molecule has 0 amide bonds. The van der Waals surface area contributed by atoms with E-state index in [0.29, 0.717) is 5.69 Å². The summed E-state index contributed by atoms with van der Waals surface area (Å²) in [7, 11) is -3.51. The summed E-state index contributed by atoms with van der Waals surface area (Å²) >= 11 is 7.84. The maximum atomic E-state index is 11.6. The second kappa shape index (κ2) is 5.11. The SMILES string of the molecule is Cc1ccc(Br)cc1NS(=O)(=O)CC(N)=S. The number of nitrogens with one attached hydrogen (secondary N) is 1. The third-order valence-electron chi connectivity index (χ3n) is 1.80. The first-order valence-electron chi connectivity index (χ1n) is 4.35. The number of nitrogens with two attached hydrogens (primary N) is 1. The molecular formula is C9H11BrN2O2S2. The zero-order chi connectivity index (χ0) is 12.3. The van der Waals surface area contributed by atoms with Crippen LogP contribution in [0.4, 0.5) is 5.69 Å². The first-order valence-corrected chi connectivity index (χ1v) is 7.20. The van der Waals surface area contributed by atoms with Crippen molar-refractivity contribution in [2.45, 2.75) is 6.92 Å². The van der Waals surface area contributed by atoms with Crippen LogP contribution in [0.25, 0.3) is 0 Å². The molecule has 7 heteroatoms. The molecule has 0 aliphatic rings. The van der Waals surface area contributed by atoms with E-state index in [4.69, 9.17) is 5.73 Å². The van der Waals surface area contributed by atoms with Crippen LogP contribution in [-0.2, 0) is 10.0 Å². The van der Waals surface area contributed by atoms with Gasteiger partial charge in [0, 0.05) is 4.47 Å². The monoisotopic (exact) mass is 322 g/mol. The van der Waals surface area contributed by atoms with Crippen molar-refractivity contribution in [1.82, 2.24) is 0 Å². The first-order chi connectivity index (χ1) is 7.30. The van der Waals surface area contributed by atoms with Crippen LogP contribution < -0.4 is 10.5 Å². The summed E-state index contributed by atoms with van der Waals surface area (Å²) < 4.78 is 26.4. The number of sulfonamides is 1. The predicted octanol–water partition coefficient (Wildman–Crippen LogP) is 1.79. The molecule has 0 aliphatic heterocycles. The van der Waals surface area contributed by atoms with Crippen molar-refractivity contribution in [3.63, 3.8) is 0 Å². The van der Waals surface area contributed by atoms with E-state index in [9.17, 15) is 8.42 Å². The fraction of sp³-hybridized carbons (Fsp3) is 0.222. The van der Waals surface area contributed by atoms with Crippen molar-refractivity contribution in [1.29, 1.82) is 0 Å². The fourth-order valence-electron chi connectivity index (χ4n) is 1.10. The second-order valence-electron chi connectivity index (χ2n) is 3.29. The predicted molar refractivity (Wildman–Crippen MR) is 73.1 cm³/mol. The van der Waals surface area contributed by atoms with Gasteiger partial charge in [-0.2, -0.15) is 0 Å². The van der Waals surface area contributed by atoms with Crippen LogP contribution in [0.2, 0.25) is 0 Å². The van der Waals surface area contributed by atoms with E-state index in [1.165, 1.54) is 0 Å². The van der Waals surface area contributed by atoms with Crippen molar-refractivity contribution in [3.8, 4) is 0 Å². The molecule has 0 radical (unpaired) electrons. The molecule has 3 N–H and O–H groups in total. The van der Waals surface area contributed by atoms with Gasteiger partial charge in [-0.1, -0.05) is 34.2 Å². The van der Waals surface area contributed by atoms with E-state index >= 15 is 0 Å². The highest BCUT2D eigenvalue weighted by Gasteiger charge is 2.13. The zero-order valence-corrected chi connectivity index (χ0v) is 11.7. The number of aryl methyl sites for hydroxylation is 1. The van der Waals surface area contributed by atoms with Crippen LogP contribution in [-0.4, -0.2) is 19.2 Å². The molecule has 0 heterocycles. The molecule has 0 bridgehead atoms. The lowest BCUT2D eigenvalue weighted by Gasteiger charge is -2.10. The van der Waals surface area contributed by atoms with Gasteiger partial charge in [-0.3, -0.25) is 4.72 Å². The molecule has 16 heavy (non-hydrogen) atoms. The van der Waals surface area contributed by atoms with Gasteiger partial charge < -0.3 is 5.73 Å². The second-order valence-corrected chi connectivity index (χ2v) is 6.45. The molecule has 0 saturated heterocycles. The normalized spacial score (nSPS) is 11.1.